The topological polar surface area (TPSA) is 26.3 Å². The molecule has 0 atom stereocenters. The zero-order chi connectivity index (χ0) is 35.9. The number of allylic oxidation sites excluding steroid dienone is 1. The van der Waals surface area contributed by atoms with E-state index in [0.29, 0.717) is 0 Å². The molecule has 2 heterocycles. The SMILES string of the molecule is C/C=C\c1c(C)oc2cc3c(ccc4oc5cc(-c6c7ccccc7c(-c7cccc(-c8cccc9ccccc89)c7)c7ccccc67)ccc5c43)cc12. The van der Waals surface area contributed by atoms with Crippen LogP contribution in [0.5, 0.6) is 0 Å². The van der Waals surface area contributed by atoms with Crippen molar-refractivity contribution in [1.82, 2.24) is 0 Å². The fourth-order valence-corrected chi connectivity index (χ4v) is 8.93. The van der Waals surface area contributed by atoms with Gasteiger partial charge >= 0.3 is 0 Å². The molecular formula is C52H34O2. The fourth-order valence-electron chi connectivity index (χ4n) is 8.93. The van der Waals surface area contributed by atoms with Gasteiger partial charge < -0.3 is 8.83 Å². The molecule has 0 saturated heterocycles. The molecule has 0 N–H and O–H groups in total. The van der Waals surface area contributed by atoms with Crippen molar-refractivity contribution < 1.29 is 8.83 Å². The molecule has 2 nitrogen and oxygen atoms in total. The van der Waals surface area contributed by atoms with Gasteiger partial charge in [0, 0.05) is 21.7 Å². The standard InChI is InChI=1S/C52H34O2/c1-3-12-37-31(2)53-49-30-45-34(28-46(37)49)24-26-47-52(45)44-25-23-36(29-48(44)54-47)51-42-20-8-6-18-40(42)50(41-19-7-9-21-43(41)51)35-16-10-15-33(27-35)39-22-11-14-32-13-4-5-17-38(32)39/h3-30H,1-2H3/b12-3-. The highest BCUT2D eigenvalue weighted by atomic mass is 16.3. The molecule has 0 fully saturated rings. The van der Waals surface area contributed by atoms with Gasteiger partial charge in [-0.3, -0.25) is 0 Å². The second-order valence-electron chi connectivity index (χ2n) is 14.3. The average molecular weight is 691 g/mol. The number of furan rings is 2. The third-order valence-electron chi connectivity index (χ3n) is 11.3. The van der Waals surface area contributed by atoms with Crippen molar-refractivity contribution >= 4 is 82.1 Å². The third kappa shape index (κ3) is 4.53. The predicted octanol–water partition coefficient (Wildman–Crippen LogP) is 15.3. The van der Waals surface area contributed by atoms with E-state index in [-0.39, 0.29) is 0 Å². The Bertz CT molecular complexity index is 3290. The van der Waals surface area contributed by atoms with E-state index in [9.17, 15) is 0 Å². The molecule has 9 aromatic carbocycles. The Kier molecular flexibility index (Phi) is 6.72. The van der Waals surface area contributed by atoms with Crippen molar-refractivity contribution in [2.75, 3.05) is 0 Å². The molecule has 0 radical (unpaired) electrons. The number of benzene rings is 9. The quantitative estimate of drug-likeness (QED) is 0.172. The first-order chi connectivity index (χ1) is 26.6. The molecule has 0 aliphatic heterocycles. The van der Waals surface area contributed by atoms with Gasteiger partial charge in [0.2, 0.25) is 0 Å². The van der Waals surface area contributed by atoms with Crippen LogP contribution in [0.15, 0.2) is 173 Å². The van der Waals surface area contributed by atoms with Crippen LogP contribution in [0.4, 0.5) is 0 Å². The van der Waals surface area contributed by atoms with Crippen LogP contribution in [0, 0.1) is 6.92 Å². The van der Waals surface area contributed by atoms with Crippen molar-refractivity contribution in [2.24, 2.45) is 0 Å². The second-order valence-corrected chi connectivity index (χ2v) is 14.3. The Morgan fingerprint density at radius 1 is 0.407 bits per heavy atom. The van der Waals surface area contributed by atoms with Crippen LogP contribution < -0.4 is 0 Å². The second kappa shape index (κ2) is 11.8. The molecular weight excluding hydrogens is 657 g/mol. The summed E-state index contributed by atoms with van der Waals surface area (Å²) in [7, 11) is 0. The van der Waals surface area contributed by atoms with Gasteiger partial charge in [-0.1, -0.05) is 133 Å². The van der Waals surface area contributed by atoms with Crippen molar-refractivity contribution in [2.45, 2.75) is 13.8 Å². The first-order valence-corrected chi connectivity index (χ1v) is 18.6. The van der Waals surface area contributed by atoms with Gasteiger partial charge in [-0.25, -0.2) is 0 Å². The zero-order valence-corrected chi connectivity index (χ0v) is 30.0. The number of fused-ring (bicyclic) bond motifs is 9. The Morgan fingerprint density at radius 3 is 1.78 bits per heavy atom. The molecule has 0 aliphatic carbocycles. The summed E-state index contributed by atoms with van der Waals surface area (Å²) < 4.78 is 12.9. The van der Waals surface area contributed by atoms with Crippen LogP contribution in [0.1, 0.15) is 18.2 Å². The van der Waals surface area contributed by atoms with Crippen LogP contribution in [0.3, 0.4) is 0 Å². The van der Waals surface area contributed by atoms with E-state index < -0.39 is 0 Å². The van der Waals surface area contributed by atoms with E-state index in [4.69, 9.17) is 8.83 Å². The average Bonchev–Trinajstić information content (AvgIpc) is 3.74. The molecule has 0 amide bonds. The van der Waals surface area contributed by atoms with Crippen molar-refractivity contribution in [3.63, 3.8) is 0 Å². The van der Waals surface area contributed by atoms with Gasteiger partial charge in [-0.05, 0) is 127 Å². The Labute approximate surface area is 312 Å². The molecule has 254 valence electrons. The number of aryl methyl sites for hydroxylation is 1. The lowest BCUT2D eigenvalue weighted by Gasteiger charge is -2.18. The molecule has 54 heavy (non-hydrogen) atoms. The summed E-state index contributed by atoms with van der Waals surface area (Å²) in [5, 5.41) is 13.1. The van der Waals surface area contributed by atoms with Gasteiger partial charge in [0.25, 0.3) is 0 Å². The fraction of sp³-hybridized carbons (Fsp3) is 0.0385. The maximum absolute atomic E-state index is 6.66. The minimum atomic E-state index is 0.875. The largest absolute Gasteiger partial charge is 0.461 e. The summed E-state index contributed by atoms with van der Waals surface area (Å²) in [6.07, 6.45) is 4.19. The van der Waals surface area contributed by atoms with E-state index in [0.717, 1.165) is 55.2 Å². The lowest BCUT2D eigenvalue weighted by atomic mass is 9.85. The summed E-state index contributed by atoms with van der Waals surface area (Å²) in [6.45, 7) is 4.08. The molecule has 11 rings (SSSR count). The van der Waals surface area contributed by atoms with Crippen LogP contribution in [-0.4, -0.2) is 0 Å². The van der Waals surface area contributed by atoms with E-state index >= 15 is 0 Å². The van der Waals surface area contributed by atoms with Crippen molar-refractivity contribution in [1.29, 1.82) is 0 Å². The Hall–Kier alpha value is -6.90. The van der Waals surface area contributed by atoms with Crippen molar-refractivity contribution in [3.05, 3.63) is 175 Å². The maximum Gasteiger partial charge on any atom is 0.136 e. The molecule has 0 spiro atoms. The molecule has 0 unspecified atom stereocenters. The highest BCUT2D eigenvalue weighted by Crippen LogP contribution is 2.46. The Balaban J connectivity index is 1.12. The Morgan fingerprint density at radius 2 is 1.04 bits per heavy atom. The van der Waals surface area contributed by atoms with Gasteiger partial charge in [0.05, 0.1) is 0 Å². The first-order valence-electron chi connectivity index (χ1n) is 18.6. The van der Waals surface area contributed by atoms with Crippen LogP contribution in [0.25, 0.3) is 115 Å². The molecule has 11 aromatic rings. The maximum atomic E-state index is 6.66. The summed E-state index contributed by atoms with van der Waals surface area (Å²) in [6, 6.07) is 57.4. The molecule has 0 saturated carbocycles. The van der Waals surface area contributed by atoms with Crippen LogP contribution in [0.2, 0.25) is 0 Å². The van der Waals surface area contributed by atoms with Gasteiger partial charge in [-0.15, -0.1) is 0 Å². The molecule has 2 heteroatoms. The number of hydrogen-bond donors (Lipinski definition) is 0. The molecule has 0 bridgehead atoms. The predicted molar refractivity (Wildman–Crippen MR) is 229 cm³/mol. The van der Waals surface area contributed by atoms with E-state index in [1.54, 1.807) is 0 Å². The number of rotatable bonds is 4. The molecule has 2 aromatic heterocycles. The van der Waals surface area contributed by atoms with Crippen LogP contribution in [-0.2, 0) is 0 Å². The van der Waals surface area contributed by atoms with Gasteiger partial charge in [-0.2, -0.15) is 0 Å². The van der Waals surface area contributed by atoms with Crippen LogP contribution >= 0.6 is 0 Å². The monoisotopic (exact) mass is 690 g/mol. The summed E-state index contributed by atoms with van der Waals surface area (Å²) >= 11 is 0. The normalized spacial score (nSPS) is 12.2. The minimum absolute atomic E-state index is 0.875. The lowest BCUT2D eigenvalue weighted by Crippen LogP contribution is -1.91. The highest BCUT2D eigenvalue weighted by molar-refractivity contribution is 6.24. The van der Waals surface area contributed by atoms with Gasteiger partial charge in [0.15, 0.2) is 0 Å². The van der Waals surface area contributed by atoms with Gasteiger partial charge in [0.1, 0.15) is 22.5 Å². The molecule has 0 aliphatic rings. The zero-order valence-electron chi connectivity index (χ0n) is 30.0. The summed E-state index contributed by atoms with van der Waals surface area (Å²) in [5.74, 6) is 0.930. The van der Waals surface area contributed by atoms with Crippen molar-refractivity contribution in [3.8, 4) is 33.4 Å². The third-order valence-corrected chi connectivity index (χ3v) is 11.3. The van der Waals surface area contributed by atoms with E-state index in [2.05, 4.69) is 170 Å². The summed E-state index contributed by atoms with van der Waals surface area (Å²) in [4.78, 5) is 0. The lowest BCUT2D eigenvalue weighted by molar-refractivity contribution is 0.578. The minimum Gasteiger partial charge on any atom is -0.461 e. The highest BCUT2D eigenvalue weighted by Gasteiger charge is 2.20. The van der Waals surface area contributed by atoms with E-state index in [1.165, 1.54) is 65.5 Å². The first kappa shape index (κ1) is 30.7. The smallest absolute Gasteiger partial charge is 0.136 e. The summed E-state index contributed by atoms with van der Waals surface area (Å²) in [5.41, 5.74) is 11.0. The number of hydrogen-bond acceptors (Lipinski definition) is 2. The van der Waals surface area contributed by atoms with E-state index in [1.807, 2.05) is 13.8 Å².